The molecule has 0 aliphatic heterocycles. The van der Waals surface area contributed by atoms with Gasteiger partial charge < -0.3 is 9.52 Å². The van der Waals surface area contributed by atoms with Crippen LogP contribution in [0, 0.1) is 13.8 Å². The Balaban J connectivity index is 1.41. The molecule has 226 valence electrons. The Bertz CT molecular complexity index is 2280. The van der Waals surface area contributed by atoms with E-state index in [2.05, 4.69) is 107 Å². The Morgan fingerprint density at radius 3 is 2.33 bits per heavy atom. The van der Waals surface area contributed by atoms with Gasteiger partial charge in [0.2, 0.25) is 5.89 Å². The summed E-state index contributed by atoms with van der Waals surface area (Å²) in [6.07, 6.45) is 1.71. The average molecular weight is 601 g/mol. The highest BCUT2D eigenvalue weighted by molar-refractivity contribution is 6.05. The van der Waals surface area contributed by atoms with Gasteiger partial charge in [0.15, 0.2) is 5.58 Å². The van der Waals surface area contributed by atoms with Crippen molar-refractivity contribution in [3.63, 3.8) is 0 Å². The zero-order valence-electron chi connectivity index (χ0n) is 26.8. The first-order valence-electron chi connectivity index (χ1n) is 15.6. The van der Waals surface area contributed by atoms with Crippen LogP contribution in [0.5, 0.6) is 5.75 Å². The van der Waals surface area contributed by atoms with Crippen molar-refractivity contribution in [2.75, 3.05) is 0 Å². The highest BCUT2D eigenvalue weighted by Gasteiger charge is 2.20. The van der Waals surface area contributed by atoms with E-state index in [0.717, 1.165) is 38.7 Å². The van der Waals surface area contributed by atoms with Crippen LogP contribution in [0.2, 0.25) is 0 Å². The van der Waals surface area contributed by atoms with E-state index in [1.165, 1.54) is 22.1 Å². The van der Waals surface area contributed by atoms with Crippen LogP contribution < -0.4 is 0 Å². The van der Waals surface area contributed by atoms with Crippen LogP contribution in [0.4, 0.5) is 5.69 Å². The Kier molecular flexibility index (Phi) is 7.29. The van der Waals surface area contributed by atoms with E-state index >= 15 is 0 Å². The fourth-order valence-corrected chi connectivity index (χ4v) is 6.04. The summed E-state index contributed by atoms with van der Waals surface area (Å²) in [6.45, 7) is 10.7. The second-order valence-corrected chi connectivity index (χ2v) is 13.0. The number of fused-ring (bicyclic) bond motifs is 2. The van der Waals surface area contributed by atoms with Crippen molar-refractivity contribution < 1.29 is 9.52 Å². The molecular formula is C42H36N2O2. The van der Waals surface area contributed by atoms with Gasteiger partial charge in [0, 0.05) is 17.3 Å². The summed E-state index contributed by atoms with van der Waals surface area (Å²) in [5.41, 5.74) is 11.5. The molecule has 1 heterocycles. The van der Waals surface area contributed by atoms with Gasteiger partial charge in [-0.05, 0) is 94.3 Å². The Morgan fingerprint density at radius 2 is 1.48 bits per heavy atom. The molecule has 7 rings (SSSR count). The lowest BCUT2D eigenvalue weighted by Gasteiger charge is -2.19. The number of nitrogens with zero attached hydrogens (tertiary/aromatic N) is 2. The SMILES string of the molecule is Cc1ccc(C)c(-c2cc(-c3cccc4ccccc34)c3nc(-c4ccccc4N=Cc4cc(C(C)(C)C)ccc4O)oc3c2)c1. The minimum Gasteiger partial charge on any atom is -0.507 e. The van der Waals surface area contributed by atoms with Crippen LogP contribution in [-0.2, 0) is 5.41 Å². The Morgan fingerprint density at radius 1 is 0.717 bits per heavy atom. The smallest absolute Gasteiger partial charge is 0.229 e. The zero-order chi connectivity index (χ0) is 32.0. The van der Waals surface area contributed by atoms with Crippen molar-refractivity contribution in [2.24, 2.45) is 4.99 Å². The van der Waals surface area contributed by atoms with Crippen LogP contribution >= 0.6 is 0 Å². The van der Waals surface area contributed by atoms with Crippen molar-refractivity contribution in [3.05, 3.63) is 138 Å². The number of aliphatic imine (C=N–C) groups is 1. The first-order chi connectivity index (χ1) is 22.2. The zero-order valence-corrected chi connectivity index (χ0v) is 26.8. The molecule has 4 heteroatoms. The molecule has 0 atom stereocenters. The summed E-state index contributed by atoms with van der Waals surface area (Å²) in [5.74, 6) is 0.685. The Hall–Kier alpha value is -5.48. The number of benzene rings is 6. The topological polar surface area (TPSA) is 58.6 Å². The number of oxazole rings is 1. The predicted octanol–water partition coefficient (Wildman–Crippen LogP) is 11.4. The van der Waals surface area contributed by atoms with Crippen LogP contribution in [-0.4, -0.2) is 16.3 Å². The molecule has 0 radical (unpaired) electrons. The number of phenols is 1. The van der Waals surface area contributed by atoms with Crippen molar-refractivity contribution in [1.29, 1.82) is 0 Å². The number of phenolic OH excluding ortho intramolecular Hbond substituents is 1. The minimum atomic E-state index is -0.0516. The van der Waals surface area contributed by atoms with E-state index < -0.39 is 0 Å². The summed E-state index contributed by atoms with van der Waals surface area (Å²) in [6, 6.07) is 39.3. The van der Waals surface area contributed by atoms with Gasteiger partial charge in [-0.15, -0.1) is 0 Å². The maximum atomic E-state index is 10.6. The van der Waals surface area contributed by atoms with Crippen LogP contribution in [0.25, 0.3) is 55.6 Å². The number of aromatic hydroxyl groups is 1. The summed E-state index contributed by atoms with van der Waals surface area (Å²) >= 11 is 0. The monoisotopic (exact) mass is 600 g/mol. The van der Waals surface area contributed by atoms with Gasteiger partial charge in [-0.1, -0.05) is 105 Å². The van der Waals surface area contributed by atoms with E-state index in [-0.39, 0.29) is 11.2 Å². The molecule has 6 aromatic carbocycles. The third-order valence-corrected chi connectivity index (χ3v) is 8.65. The van der Waals surface area contributed by atoms with E-state index in [9.17, 15) is 5.11 Å². The normalized spacial score (nSPS) is 12.0. The minimum absolute atomic E-state index is 0.0516. The third-order valence-electron chi connectivity index (χ3n) is 8.65. The summed E-state index contributed by atoms with van der Waals surface area (Å²) in [5, 5.41) is 12.9. The van der Waals surface area contributed by atoms with E-state index in [1.54, 1.807) is 12.3 Å². The van der Waals surface area contributed by atoms with E-state index in [0.29, 0.717) is 22.7 Å². The maximum Gasteiger partial charge on any atom is 0.229 e. The molecule has 0 fully saturated rings. The van der Waals surface area contributed by atoms with Crippen molar-refractivity contribution in [2.45, 2.75) is 40.0 Å². The molecule has 0 spiro atoms. The largest absolute Gasteiger partial charge is 0.507 e. The molecule has 0 unspecified atom stereocenters. The van der Waals surface area contributed by atoms with Gasteiger partial charge in [0.25, 0.3) is 0 Å². The molecule has 1 N–H and O–H groups in total. The molecular weight excluding hydrogens is 564 g/mol. The number of hydrogen-bond acceptors (Lipinski definition) is 4. The highest BCUT2D eigenvalue weighted by atomic mass is 16.3. The van der Waals surface area contributed by atoms with Crippen LogP contribution in [0.3, 0.4) is 0 Å². The molecule has 4 nitrogen and oxygen atoms in total. The fraction of sp³-hybridized carbons (Fsp3) is 0.143. The second kappa shape index (κ2) is 11.5. The molecule has 0 amide bonds. The summed E-state index contributed by atoms with van der Waals surface area (Å²) in [7, 11) is 0. The van der Waals surface area contributed by atoms with Gasteiger partial charge in [-0.3, -0.25) is 4.99 Å². The second-order valence-electron chi connectivity index (χ2n) is 13.0. The lowest BCUT2D eigenvalue weighted by atomic mass is 9.86. The number of para-hydroxylation sites is 1. The van der Waals surface area contributed by atoms with E-state index in [1.807, 2.05) is 36.4 Å². The standard InChI is InChI=1S/C42H36N2O2/c1-26-17-18-27(2)35(21-26)29-23-36(33-15-10-12-28-11-6-7-13-32(28)33)40-39(24-29)46-41(44-40)34-14-8-9-16-37(34)43-25-30-22-31(42(3,4)5)19-20-38(30)45/h6-25,45H,1-5H3. The number of aryl methyl sites for hydroxylation is 2. The van der Waals surface area contributed by atoms with Crippen molar-refractivity contribution in [3.8, 4) is 39.5 Å². The number of aromatic nitrogens is 1. The predicted molar refractivity (Wildman–Crippen MR) is 191 cm³/mol. The molecule has 0 aliphatic rings. The van der Waals surface area contributed by atoms with Gasteiger partial charge >= 0.3 is 0 Å². The molecule has 0 saturated heterocycles. The molecule has 1 aromatic heterocycles. The van der Waals surface area contributed by atoms with Crippen LogP contribution in [0.1, 0.15) is 43.0 Å². The lowest BCUT2D eigenvalue weighted by Crippen LogP contribution is -2.11. The van der Waals surface area contributed by atoms with Gasteiger partial charge in [-0.2, -0.15) is 0 Å². The number of hydrogen-bond donors (Lipinski definition) is 1. The first-order valence-corrected chi connectivity index (χ1v) is 15.6. The summed E-state index contributed by atoms with van der Waals surface area (Å²) in [4.78, 5) is 9.96. The number of rotatable bonds is 5. The van der Waals surface area contributed by atoms with Crippen LogP contribution in [0.15, 0.2) is 125 Å². The highest BCUT2D eigenvalue weighted by Crippen LogP contribution is 2.41. The molecule has 0 aliphatic carbocycles. The average Bonchev–Trinajstić information content (AvgIpc) is 3.48. The van der Waals surface area contributed by atoms with Gasteiger partial charge in [0.1, 0.15) is 11.3 Å². The van der Waals surface area contributed by atoms with Crippen molar-refractivity contribution >= 4 is 33.8 Å². The molecule has 7 aromatic rings. The first kappa shape index (κ1) is 29.2. The summed E-state index contributed by atoms with van der Waals surface area (Å²) < 4.78 is 6.61. The third kappa shape index (κ3) is 5.48. The van der Waals surface area contributed by atoms with E-state index in [4.69, 9.17) is 14.4 Å². The quantitative estimate of drug-likeness (QED) is 0.200. The maximum absolute atomic E-state index is 10.6. The molecule has 0 bridgehead atoms. The molecule has 0 saturated carbocycles. The fourth-order valence-electron chi connectivity index (χ4n) is 6.04. The van der Waals surface area contributed by atoms with Gasteiger partial charge in [-0.25, -0.2) is 4.98 Å². The molecule has 46 heavy (non-hydrogen) atoms. The Labute approximate surface area is 269 Å². The van der Waals surface area contributed by atoms with Crippen molar-refractivity contribution in [1.82, 2.24) is 4.98 Å². The van der Waals surface area contributed by atoms with Gasteiger partial charge in [0.05, 0.1) is 11.3 Å². The lowest BCUT2D eigenvalue weighted by molar-refractivity contribution is 0.473.